The minimum Gasteiger partial charge on any atom is -0.463 e. The van der Waals surface area contributed by atoms with Gasteiger partial charge >= 0.3 is 18.0 Å². The summed E-state index contributed by atoms with van der Waals surface area (Å²) in [6.07, 6.45) is 0.409. The number of nitrogens with one attached hydrogen (secondary N) is 2. The van der Waals surface area contributed by atoms with Crippen LogP contribution in [0.3, 0.4) is 0 Å². The van der Waals surface area contributed by atoms with Crippen LogP contribution in [0, 0.1) is 0 Å². The second kappa shape index (κ2) is 10.6. The Hall–Kier alpha value is -3.16. The van der Waals surface area contributed by atoms with Gasteiger partial charge in [0.25, 0.3) is 5.91 Å². The van der Waals surface area contributed by atoms with Crippen molar-refractivity contribution in [2.45, 2.75) is 20.0 Å². The second-order valence-electron chi connectivity index (χ2n) is 4.66. The quantitative estimate of drug-likeness (QED) is 0.566. The van der Waals surface area contributed by atoms with Crippen molar-refractivity contribution in [1.82, 2.24) is 10.6 Å². The normalized spacial score (nSPS) is 11.4. The highest BCUT2D eigenvalue weighted by atomic mass is 16.5. The van der Waals surface area contributed by atoms with Crippen molar-refractivity contribution in [3.05, 3.63) is 48.0 Å². The Kier molecular flexibility index (Phi) is 8.42. The molecule has 0 bridgehead atoms. The van der Waals surface area contributed by atoms with Crippen LogP contribution in [0.25, 0.3) is 0 Å². The summed E-state index contributed by atoms with van der Waals surface area (Å²) in [6, 6.07) is 7.49. The van der Waals surface area contributed by atoms with Gasteiger partial charge in [0.2, 0.25) is 6.10 Å². The first-order valence-corrected chi connectivity index (χ1v) is 7.67. The fourth-order valence-corrected chi connectivity index (χ4v) is 1.76. The van der Waals surface area contributed by atoms with Crippen molar-refractivity contribution in [2.75, 3.05) is 13.2 Å². The number of carbonyl (C=O) groups excluding carboxylic acids is 4. The Morgan fingerprint density at radius 1 is 1.04 bits per heavy atom. The average Bonchev–Trinajstić information content (AvgIpc) is 2.59. The number of urea groups is 1. The molecule has 134 valence electrons. The molecule has 8 heteroatoms. The Bertz CT molecular complexity index is 642. The zero-order valence-electron chi connectivity index (χ0n) is 14.0. The van der Waals surface area contributed by atoms with E-state index in [1.165, 1.54) is 0 Å². The lowest BCUT2D eigenvalue weighted by Crippen LogP contribution is -2.42. The van der Waals surface area contributed by atoms with Crippen LogP contribution in [0.15, 0.2) is 42.5 Å². The van der Waals surface area contributed by atoms with Crippen LogP contribution >= 0.6 is 0 Å². The van der Waals surface area contributed by atoms with Gasteiger partial charge in [-0.15, -0.1) is 0 Å². The van der Waals surface area contributed by atoms with Crippen molar-refractivity contribution in [3.63, 3.8) is 0 Å². The van der Waals surface area contributed by atoms with E-state index in [1.54, 1.807) is 44.2 Å². The molecule has 0 fully saturated rings. The summed E-state index contributed by atoms with van der Waals surface area (Å²) in [5.41, 5.74) is 0.377. The van der Waals surface area contributed by atoms with E-state index in [1.807, 2.05) is 0 Å². The van der Waals surface area contributed by atoms with Crippen LogP contribution in [-0.4, -0.2) is 37.0 Å². The molecule has 2 N–H and O–H groups in total. The van der Waals surface area contributed by atoms with E-state index in [0.29, 0.717) is 12.1 Å². The van der Waals surface area contributed by atoms with Gasteiger partial charge in [-0.1, -0.05) is 30.3 Å². The predicted octanol–water partition coefficient (Wildman–Crippen LogP) is 1.24. The summed E-state index contributed by atoms with van der Waals surface area (Å²) in [6.45, 7) is 3.82. The predicted molar refractivity (Wildman–Crippen MR) is 88.3 cm³/mol. The smallest absolute Gasteiger partial charge is 0.332 e. The maximum atomic E-state index is 12.2. The molecule has 0 radical (unpaired) electrons. The number of ether oxygens (including phenoxy) is 2. The Balaban J connectivity index is 2.85. The molecule has 0 saturated heterocycles. The minimum absolute atomic E-state index is 0.166. The van der Waals surface area contributed by atoms with Gasteiger partial charge in [-0.3, -0.25) is 10.1 Å². The molecule has 0 heterocycles. The highest BCUT2D eigenvalue weighted by molar-refractivity contribution is 5.99. The third kappa shape index (κ3) is 7.30. The largest absolute Gasteiger partial charge is 0.463 e. The topological polar surface area (TPSA) is 111 Å². The van der Waals surface area contributed by atoms with E-state index in [9.17, 15) is 19.2 Å². The van der Waals surface area contributed by atoms with Crippen LogP contribution in [0.2, 0.25) is 0 Å². The number of benzene rings is 1. The zero-order valence-corrected chi connectivity index (χ0v) is 14.0. The molecule has 1 aromatic carbocycles. The van der Waals surface area contributed by atoms with Crippen LogP contribution in [0.4, 0.5) is 4.79 Å². The van der Waals surface area contributed by atoms with Gasteiger partial charge in [0.15, 0.2) is 0 Å². The first kappa shape index (κ1) is 19.9. The first-order chi connectivity index (χ1) is 12.0. The van der Waals surface area contributed by atoms with E-state index in [4.69, 9.17) is 4.74 Å². The fraction of sp³-hybridized carbons (Fsp3) is 0.294. The molecular formula is C17H20N2O6. The van der Waals surface area contributed by atoms with Gasteiger partial charge < -0.3 is 14.8 Å². The molecule has 0 aliphatic carbocycles. The number of carbonyl (C=O) groups is 4. The molecule has 25 heavy (non-hydrogen) atoms. The van der Waals surface area contributed by atoms with Crippen molar-refractivity contribution in [2.24, 2.45) is 0 Å². The van der Waals surface area contributed by atoms with Gasteiger partial charge in [-0.2, -0.15) is 0 Å². The molecule has 8 nitrogen and oxygen atoms in total. The van der Waals surface area contributed by atoms with E-state index < -0.39 is 30.0 Å². The average molecular weight is 348 g/mol. The summed E-state index contributed by atoms with van der Waals surface area (Å²) in [5, 5.41) is 4.49. The highest BCUT2D eigenvalue weighted by Gasteiger charge is 2.25. The Morgan fingerprint density at radius 2 is 1.68 bits per heavy atom. The van der Waals surface area contributed by atoms with Crippen molar-refractivity contribution in [1.29, 1.82) is 0 Å². The molecule has 0 aliphatic rings. The summed E-state index contributed by atoms with van der Waals surface area (Å²) < 4.78 is 9.72. The minimum atomic E-state index is -1.34. The van der Waals surface area contributed by atoms with E-state index in [0.717, 1.165) is 12.2 Å². The number of hydrogen-bond donors (Lipinski definition) is 2. The summed E-state index contributed by atoms with van der Waals surface area (Å²) >= 11 is 0. The van der Waals surface area contributed by atoms with Crippen LogP contribution < -0.4 is 10.6 Å². The zero-order chi connectivity index (χ0) is 18.7. The van der Waals surface area contributed by atoms with Crippen molar-refractivity contribution < 1.29 is 28.7 Å². The molecule has 1 rings (SSSR count). The van der Waals surface area contributed by atoms with Crippen LogP contribution in [-0.2, 0) is 23.9 Å². The maximum Gasteiger partial charge on any atom is 0.332 e. The monoisotopic (exact) mass is 348 g/mol. The standard InChI is InChI=1S/C17H20N2O6/c1-3-18-17(23)19-16(22)15(12-8-6-5-7-9-12)25-14(21)11-10-13(20)24-4-2/h5-11,15H,3-4H2,1-2H3,(H2,18,19,22,23)/b11-10+/t15-/m0/s1. The lowest BCUT2D eigenvalue weighted by atomic mass is 10.1. The van der Waals surface area contributed by atoms with E-state index in [-0.39, 0.29) is 6.61 Å². The second-order valence-corrected chi connectivity index (χ2v) is 4.66. The van der Waals surface area contributed by atoms with Gasteiger partial charge in [0.05, 0.1) is 6.61 Å². The molecule has 3 amide bonds. The third-order valence-electron chi connectivity index (χ3n) is 2.79. The van der Waals surface area contributed by atoms with Gasteiger partial charge in [-0.05, 0) is 13.8 Å². The summed E-state index contributed by atoms with van der Waals surface area (Å²) in [7, 11) is 0. The highest BCUT2D eigenvalue weighted by Crippen LogP contribution is 2.18. The fourth-order valence-electron chi connectivity index (χ4n) is 1.76. The van der Waals surface area contributed by atoms with Gasteiger partial charge in [0, 0.05) is 24.3 Å². The van der Waals surface area contributed by atoms with Crippen molar-refractivity contribution in [3.8, 4) is 0 Å². The molecule has 0 spiro atoms. The van der Waals surface area contributed by atoms with Crippen LogP contribution in [0.5, 0.6) is 0 Å². The number of rotatable bonds is 7. The van der Waals surface area contributed by atoms with Gasteiger partial charge in [-0.25, -0.2) is 14.4 Å². The van der Waals surface area contributed by atoms with E-state index >= 15 is 0 Å². The lowest BCUT2D eigenvalue weighted by Gasteiger charge is -2.16. The molecule has 0 unspecified atom stereocenters. The maximum absolute atomic E-state index is 12.2. The van der Waals surface area contributed by atoms with Gasteiger partial charge in [0.1, 0.15) is 0 Å². The molecule has 0 saturated carbocycles. The summed E-state index contributed by atoms with van der Waals surface area (Å²) in [4.78, 5) is 46.8. The molecule has 1 aromatic rings. The first-order valence-electron chi connectivity index (χ1n) is 7.67. The number of esters is 2. The molecule has 1 atom stereocenters. The Labute approximate surface area is 145 Å². The number of hydrogen-bond acceptors (Lipinski definition) is 6. The molecular weight excluding hydrogens is 328 g/mol. The SMILES string of the molecule is CCNC(=O)NC(=O)[C@@H](OC(=O)/C=C/C(=O)OCC)c1ccccc1. The summed E-state index contributed by atoms with van der Waals surface area (Å²) in [5.74, 6) is -2.44. The number of amides is 3. The Morgan fingerprint density at radius 3 is 2.28 bits per heavy atom. The van der Waals surface area contributed by atoms with Crippen LogP contribution in [0.1, 0.15) is 25.5 Å². The molecule has 0 aromatic heterocycles. The molecule has 0 aliphatic heterocycles. The lowest BCUT2D eigenvalue weighted by molar-refractivity contribution is -0.151. The third-order valence-corrected chi connectivity index (χ3v) is 2.79. The van der Waals surface area contributed by atoms with E-state index in [2.05, 4.69) is 15.4 Å². The number of imide groups is 1. The van der Waals surface area contributed by atoms with Crippen molar-refractivity contribution >= 4 is 23.9 Å².